The van der Waals surface area contributed by atoms with E-state index in [2.05, 4.69) is 0 Å². The maximum Gasteiger partial charge on any atom is 0.418 e. The Labute approximate surface area is 100 Å². The van der Waals surface area contributed by atoms with E-state index < -0.39 is 23.6 Å². The molecule has 0 spiro atoms. The van der Waals surface area contributed by atoms with E-state index in [1.807, 2.05) is 5.32 Å². The molecule has 0 saturated carbocycles. The summed E-state index contributed by atoms with van der Waals surface area (Å²) in [5.74, 6) is -1.74. The fourth-order valence-electron chi connectivity index (χ4n) is 1.17. The van der Waals surface area contributed by atoms with Gasteiger partial charge in [-0.3, -0.25) is 9.59 Å². The Kier molecular flexibility index (Phi) is 4.09. The van der Waals surface area contributed by atoms with Crippen LogP contribution in [0.3, 0.4) is 0 Å². The molecule has 1 aromatic carbocycles. The molecule has 0 bridgehead atoms. The number of halogens is 3. The fraction of sp³-hybridized carbons (Fsp3) is 0.0909. The minimum atomic E-state index is -4.57. The SMILES string of the molecule is NC(=O)/C=C/C(=O)Nc1ccccc1C(F)(F)F. The topological polar surface area (TPSA) is 72.2 Å². The number of primary amides is 1. The molecule has 4 nitrogen and oxygen atoms in total. The highest BCUT2D eigenvalue weighted by Gasteiger charge is 2.33. The van der Waals surface area contributed by atoms with Crippen LogP contribution in [0.15, 0.2) is 36.4 Å². The van der Waals surface area contributed by atoms with E-state index in [4.69, 9.17) is 5.73 Å². The summed E-state index contributed by atoms with van der Waals surface area (Å²) in [5, 5.41) is 2.02. The van der Waals surface area contributed by atoms with Crippen molar-refractivity contribution in [2.24, 2.45) is 5.73 Å². The van der Waals surface area contributed by atoms with Gasteiger partial charge in [-0.05, 0) is 12.1 Å². The van der Waals surface area contributed by atoms with Gasteiger partial charge in [0.15, 0.2) is 0 Å². The number of carbonyl (C=O) groups excluding carboxylic acids is 2. The van der Waals surface area contributed by atoms with E-state index in [0.717, 1.165) is 24.3 Å². The van der Waals surface area contributed by atoms with Gasteiger partial charge >= 0.3 is 6.18 Å². The summed E-state index contributed by atoms with van der Waals surface area (Å²) in [7, 11) is 0. The molecule has 0 saturated heterocycles. The number of alkyl halides is 3. The summed E-state index contributed by atoms with van der Waals surface area (Å²) in [6.45, 7) is 0. The largest absolute Gasteiger partial charge is 0.418 e. The quantitative estimate of drug-likeness (QED) is 0.810. The van der Waals surface area contributed by atoms with Gasteiger partial charge in [-0.2, -0.15) is 13.2 Å². The molecule has 0 aliphatic carbocycles. The van der Waals surface area contributed by atoms with Crippen LogP contribution in [0.4, 0.5) is 18.9 Å². The zero-order valence-electron chi connectivity index (χ0n) is 8.99. The zero-order valence-corrected chi connectivity index (χ0v) is 8.99. The molecule has 0 fully saturated rings. The van der Waals surface area contributed by atoms with E-state index in [9.17, 15) is 22.8 Å². The van der Waals surface area contributed by atoms with Crippen LogP contribution in [0, 0.1) is 0 Å². The molecular formula is C11H9F3N2O2. The minimum Gasteiger partial charge on any atom is -0.366 e. The van der Waals surface area contributed by atoms with E-state index in [0.29, 0.717) is 0 Å². The lowest BCUT2D eigenvalue weighted by atomic mass is 10.1. The van der Waals surface area contributed by atoms with Crippen molar-refractivity contribution in [2.75, 3.05) is 5.32 Å². The Morgan fingerprint density at radius 2 is 1.78 bits per heavy atom. The van der Waals surface area contributed by atoms with Gasteiger partial charge in [0.2, 0.25) is 11.8 Å². The molecule has 0 aromatic heterocycles. The Bertz CT molecular complexity index is 495. The lowest BCUT2D eigenvalue weighted by Gasteiger charge is -2.12. The lowest BCUT2D eigenvalue weighted by Crippen LogP contribution is -2.15. The third-order valence-electron chi connectivity index (χ3n) is 1.89. The Balaban J connectivity index is 2.92. The Morgan fingerprint density at radius 3 is 2.33 bits per heavy atom. The number of amides is 2. The van der Waals surface area contributed by atoms with Gasteiger partial charge in [0.05, 0.1) is 11.3 Å². The molecule has 0 radical (unpaired) electrons. The molecular weight excluding hydrogens is 249 g/mol. The number of rotatable bonds is 3. The second kappa shape index (κ2) is 5.35. The predicted molar refractivity (Wildman–Crippen MR) is 58.4 cm³/mol. The van der Waals surface area contributed by atoms with Crippen LogP contribution in [0.25, 0.3) is 0 Å². The van der Waals surface area contributed by atoms with Crippen molar-refractivity contribution in [3.8, 4) is 0 Å². The average Bonchev–Trinajstić information content (AvgIpc) is 2.25. The second-order valence-corrected chi connectivity index (χ2v) is 3.27. The predicted octanol–water partition coefficient (Wildman–Crippen LogP) is 1.69. The molecule has 96 valence electrons. The van der Waals surface area contributed by atoms with E-state index in [1.165, 1.54) is 12.1 Å². The van der Waals surface area contributed by atoms with Crippen molar-refractivity contribution in [1.82, 2.24) is 0 Å². The van der Waals surface area contributed by atoms with Gasteiger partial charge in [0, 0.05) is 12.2 Å². The van der Waals surface area contributed by atoms with Crippen LogP contribution < -0.4 is 11.1 Å². The highest BCUT2D eigenvalue weighted by molar-refractivity contribution is 6.03. The normalized spacial score (nSPS) is 11.5. The number of benzene rings is 1. The number of anilines is 1. The Hall–Kier alpha value is -2.31. The van der Waals surface area contributed by atoms with Gasteiger partial charge in [-0.1, -0.05) is 12.1 Å². The van der Waals surface area contributed by atoms with Gasteiger partial charge in [0.1, 0.15) is 0 Å². The van der Waals surface area contributed by atoms with Crippen LogP contribution in [0.5, 0.6) is 0 Å². The van der Waals surface area contributed by atoms with Crippen LogP contribution >= 0.6 is 0 Å². The first kappa shape index (κ1) is 13.8. The first-order chi connectivity index (χ1) is 8.30. The summed E-state index contributed by atoms with van der Waals surface area (Å²) in [5.41, 5.74) is 3.40. The summed E-state index contributed by atoms with van der Waals surface area (Å²) in [4.78, 5) is 21.6. The number of carbonyl (C=O) groups is 2. The number of hydrogen-bond acceptors (Lipinski definition) is 2. The van der Waals surface area contributed by atoms with Crippen molar-refractivity contribution in [2.45, 2.75) is 6.18 Å². The molecule has 18 heavy (non-hydrogen) atoms. The first-order valence-electron chi connectivity index (χ1n) is 4.75. The third-order valence-corrected chi connectivity index (χ3v) is 1.89. The summed E-state index contributed by atoms with van der Waals surface area (Å²) < 4.78 is 37.7. The number of hydrogen-bond donors (Lipinski definition) is 2. The van der Waals surface area contributed by atoms with E-state index in [-0.39, 0.29) is 5.69 Å². The maximum atomic E-state index is 12.6. The molecule has 0 heterocycles. The first-order valence-corrected chi connectivity index (χ1v) is 4.75. The summed E-state index contributed by atoms with van der Waals surface area (Å²) >= 11 is 0. The molecule has 1 aromatic rings. The lowest BCUT2D eigenvalue weighted by molar-refractivity contribution is -0.137. The molecule has 0 atom stereocenters. The monoisotopic (exact) mass is 258 g/mol. The zero-order chi connectivity index (χ0) is 13.8. The maximum absolute atomic E-state index is 12.6. The van der Waals surface area contributed by atoms with Gasteiger partial charge < -0.3 is 11.1 Å². The van der Waals surface area contributed by atoms with Crippen molar-refractivity contribution >= 4 is 17.5 Å². The smallest absolute Gasteiger partial charge is 0.366 e. The van der Waals surface area contributed by atoms with E-state index >= 15 is 0 Å². The van der Waals surface area contributed by atoms with Gasteiger partial charge in [0.25, 0.3) is 0 Å². The van der Waals surface area contributed by atoms with Crippen molar-refractivity contribution in [1.29, 1.82) is 0 Å². The molecule has 0 aliphatic heterocycles. The molecule has 0 aliphatic rings. The highest BCUT2D eigenvalue weighted by Crippen LogP contribution is 2.34. The third kappa shape index (κ3) is 3.93. The van der Waals surface area contributed by atoms with Crippen LogP contribution in [0.1, 0.15) is 5.56 Å². The van der Waals surface area contributed by atoms with Crippen molar-refractivity contribution in [3.63, 3.8) is 0 Å². The summed E-state index contributed by atoms with van der Waals surface area (Å²) in [6, 6.07) is 4.51. The van der Waals surface area contributed by atoms with Crippen molar-refractivity contribution < 1.29 is 22.8 Å². The van der Waals surface area contributed by atoms with Crippen LogP contribution in [-0.4, -0.2) is 11.8 Å². The summed E-state index contributed by atoms with van der Waals surface area (Å²) in [6.07, 6.45) is -3.06. The van der Waals surface area contributed by atoms with Crippen LogP contribution in [-0.2, 0) is 15.8 Å². The standard InChI is InChI=1S/C11H9F3N2O2/c12-11(13,14)7-3-1-2-4-8(7)16-10(18)6-5-9(15)17/h1-6H,(H2,15,17)(H,16,18)/b6-5+. The molecule has 3 N–H and O–H groups in total. The van der Waals surface area contributed by atoms with Crippen LogP contribution in [0.2, 0.25) is 0 Å². The number of para-hydroxylation sites is 1. The minimum absolute atomic E-state index is 0.385. The number of nitrogens with two attached hydrogens (primary N) is 1. The molecule has 1 rings (SSSR count). The number of nitrogens with one attached hydrogen (secondary N) is 1. The highest BCUT2D eigenvalue weighted by atomic mass is 19.4. The average molecular weight is 258 g/mol. The van der Waals surface area contributed by atoms with Crippen molar-refractivity contribution in [3.05, 3.63) is 42.0 Å². The van der Waals surface area contributed by atoms with E-state index in [1.54, 1.807) is 0 Å². The molecule has 7 heteroatoms. The second-order valence-electron chi connectivity index (χ2n) is 3.27. The Morgan fingerprint density at radius 1 is 1.17 bits per heavy atom. The fourth-order valence-corrected chi connectivity index (χ4v) is 1.17. The van der Waals surface area contributed by atoms with Gasteiger partial charge in [-0.25, -0.2) is 0 Å². The van der Waals surface area contributed by atoms with Gasteiger partial charge in [-0.15, -0.1) is 0 Å². The molecule has 2 amide bonds. The molecule has 0 unspecified atom stereocenters.